The minimum Gasteiger partial charge on any atom is -0.338 e. The van der Waals surface area contributed by atoms with Crippen LogP contribution in [0.3, 0.4) is 0 Å². The lowest BCUT2D eigenvalue weighted by molar-refractivity contribution is 0.195. The zero-order chi connectivity index (χ0) is 17.9. The lowest BCUT2D eigenvalue weighted by Crippen LogP contribution is -2.52. The molecule has 1 fully saturated rings. The van der Waals surface area contributed by atoms with Gasteiger partial charge in [0.1, 0.15) is 5.54 Å². The predicted molar refractivity (Wildman–Crippen MR) is 95.9 cm³/mol. The summed E-state index contributed by atoms with van der Waals surface area (Å²) in [6.07, 6.45) is 4.81. The van der Waals surface area contributed by atoms with Gasteiger partial charge in [0.05, 0.1) is 5.69 Å². The first-order valence-corrected chi connectivity index (χ1v) is 9.05. The number of benzene rings is 1. The number of hydrogen-bond donors (Lipinski definition) is 2. The van der Waals surface area contributed by atoms with Crippen molar-refractivity contribution in [3.05, 3.63) is 34.6 Å². The third-order valence-electron chi connectivity index (χ3n) is 4.69. The van der Waals surface area contributed by atoms with Crippen LogP contribution in [-0.4, -0.2) is 32.8 Å². The van der Waals surface area contributed by atoms with E-state index < -0.39 is 5.54 Å². The first kappa shape index (κ1) is 17.7. The van der Waals surface area contributed by atoms with Crippen molar-refractivity contribution in [2.24, 2.45) is 0 Å². The number of tetrazole rings is 1. The maximum absolute atomic E-state index is 12.2. The Morgan fingerprint density at radius 1 is 1.32 bits per heavy atom. The highest BCUT2D eigenvalue weighted by Crippen LogP contribution is 2.36. The van der Waals surface area contributed by atoms with Crippen molar-refractivity contribution >= 4 is 17.6 Å². The summed E-state index contributed by atoms with van der Waals surface area (Å²) >= 11 is 6.27. The zero-order valence-corrected chi connectivity index (χ0v) is 15.3. The predicted octanol–water partition coefficient (Wildman–Crippen LogP) is 3.10. The topological polar surface area (TPSA) is 84.7 Å². The lowest BCUT2D eigenvalue weighted by atomic mass is 9.81. The van der Waals surface area contributed by atoms with E-state index in [1.807, 2.05) is 32.0 Å². The van der Waals surface area contributed by atoms with Crippen LogP contribution in [0.25, 0.3) is 5.69 Å². The van der Waals surface area contributed by atoms with Gasteiger partial charge in [0.25, 0.3) is 0 Å². The molecule has 3 rings (SSSR count). The molecule has 7 nitrogen and oxygen atoms in total. The van der Waals surface area contributed by atoms with Gasteiger partial charge in [-0.2, -0.15) is 4.68 Å². The van der Waals surface area contributed by atoms with Crippen LogP contribution in [0.5, 0.6) is 0 Å². The number of aryl methyl sites for hydroxylation is 1. The zero-order valence-electron chi connectivity index (χ0n) is 14.5. The van der Waals surface area contributed by atoms with E-state index in [0.29, 0.717) is 17.4 Å². The fourth-order valence-electron chi connectivity index (χ4n) is 3.35. The van der Waals surface area contributed by atoms with Crippen LogP contribution in [0.1, 0.15) is 50.4 Å². The van der Waals surface area contributed by atoms with Gasteiger partial charge in [-0.15, -0.1) is 5.10 Å². The molecular weight excluding hydrogens is 340 g/mol. The van der Waals surface area contributed by atoms with Gasteiger partial charge in [0, 0.05) is 11.6 Å². The Bertz CT molecular complexity index is 753. The largest absolute Gasteiger partial charge is 0.338 e. The van der Waals surface area contributed by atoms with Gasteiger partial charge in [-0.05, 0) is 54.8 Å². The smallest absolute Gasteiger partial charge is 0.315 e. The molecule has 0 unspecified atom stereocenters. The highest BCUT2D eigenvalue weighted by Gasteiger charge is 2.40. The van der Waals surface area contributed by atoms with E-state index in [9.17, 15) is 4.79 Å². The van der Waals surface area contributed by atoms with E-state index in [1.165, 1.54) is 0 Å². The van der Waals surface area contributed by atoms with E-state index in [4.69, 9.17) is 11.6 Å². The fourth-order valence-corrected chi connectivity index (χ4v) is 3.53. The molecule has 1 saturated carbocycles. The van der Waals surface area contributed by atoms with Crippen molar-refractivity contribution in [2.45, 2.75) is 51.5 Å². The Morgan fingerprint density at radius 2 is 2.08 bits per heavy atom. The van der Waals surface area contributed by atoms with Gasteiger partial charge in [0.15, 0.2) is 5.82 Å². The number of carbonyl (C=O) groups excluding carboxylic acids is 1. The molecule has 1 aromatic carbocycles. The number of urea groups is 1. The van der Waals surface area contributed by atoms with Crippen molar-refractivity contribution in [3.63, 3.8) is 0 Å². The number of nitrogens with zero attached hydrogens (tertiary/aromatic N) is 4. The Morgan fingerprint density at radius 3 is 2.76 bits per heavy atom. The van der Waals surface area contributed by atoms with E-state index >= 15 is 0 Å². The Kier molecular flexibility index (Phi) is 5.22. The summed E-state index contributed by atoms with van der Waals surface area (Å²) < 4.78 is 1.68. The summed E-state index contributed by atoms with van der Waals surface area (Å²) in [5.74, 6) is 0.651. The molecule has 134 valence electrons. The molecule has 0 saturated heterocycles. The maximum Gasteiger partial charge on any atom is 0.315 e. The molecule has 0 aliphatic heterocycles. The van der Waals surface area contributed by atoms with E-state index in [2.05, 4.69) is 26.2 Å². The van der Waals surface area contributed by atoms with E-state index in [1.54, 1.807) is 4.68 Å². The van der Waals surface area contributed by atoms with Crippen LogP contribution in [-0.2, 0) is 5.54 Å². The quantitative estimate of drug-likeness (QED) is 0.875. The second kappa shape index (κ2) is 7.39. The summed E-state index contributed by atoms with van der Waals surface area (Å²) in [6.45, 7) is 4.41. The van der Waals surface area contributed by atoms with Gasteiger partial charge < -0.3 is 10.6 Å². The SMILES string of the molecule is CCNC(=O)NC1(c2nnnn2-c2ccc(C)c(Cl)c2)CCCCC1. The van der Waals surface area contributed by atoms with Crippen LogP contribution in [0.4, 0.5) is 4.79 Å². The number of aromatic nitrogens is 4. The molecule has 2 amide bonds. The summed E-state index contributed by atoms with van der Waals surface area (Å²) in [5, 5.41) is 18.9. The van der Waals surface area contributed by atoms with Crippen LogP contribution < -0.4 is 10.6 Å². The van der Waals surface area contributed by atoms with Crippen molar-refractivity contribution in [3.8, 4) is 5.69 Å². The molecule has 0 bridgehead atoms. The Hall–Kier alpha value is -2.15. The molecule has 0 radical (unpaired) electrons. The number of carbonyl (C=O) groups is 1. The standard InChI is InChI=1S/C17H23ClN6O/c1-3-19-16(25)20-17(9-5-4-6-10-17)15-21-22-23-24(15)13-8-7-12(2)14(18)11-13/h7-8,11H,3-6,9-10H2,1-2H3,(H2,19,20,25). The Balaban J connectivity index is 2.01. The Labute approximate surface area is 152 Å². The second-order valence-electron chi connectivity index (χ2n) is 6.48. The van der Waals surface area contributed by atoms with Gasteiger partial charge >= 0.3 is 6.03 Å². The molecule has 2 aromatic rings. The summed E-state index contributed by atoms with van der Waals surface area (Å²) in [5.41, 5.74) is 1.21. The minimum absolute atomic E-state index is 0.194. The van der Waals surface area contributed by atoms with Gasteiger partial charge in [-0.1, -0.05) is 36.9 Å². The van der Waals surface area contributed by atoms with Crippen LogP contribution in [0.2, 0.25) is 5.02 Å². The third kappa shape index (κ3) is 3.61. The highest BCUT2D eigenvalue weighted by atomic mass is 35.5. The summed E-state index contributed by atoms with van der Waals surface area (Å²) in [6, 6.07) is 5.53. The van der Waals surface area contributed by atoms with Crippen molar-refractivity contribution in [1.82, 2.24) is 30.8 Å². The molecule has 1 aliphatic carbocycles. The first-order valence-electron chi connectivity index (χ1n) is 8.67. The van der Waals surface area contributed by atoms with E-state index in [0.717, 1.165) is 43.4 Å². The van der Waals surface area contributed by atoms with E-state index in [-0.39, 0.29) is 6.03 Å². The molecule has 1 aliphatic rings. The monoisotopic (exact) mass is 362 g/mol. The van der Waals surface area contributed by atoms with Crippen molar-refractivity contribution < 1.29 is 4.79 Å². The number of amides is 2. The molecule has 2 N–H and O–H groups in total. The molecule has 25 heavy (non-hydrogen) atoms. The van der Waals surface area contributed by atoms with Crippen molar-refractivity contribution in [2.75, 3.05) is 6.54 Å². The lowest BCUT2D eigenvalue weighted by Gasteiger charge is -2.36. The number of rotatable bonds is 4. The fraction of sp³-hybridized carbons (Fsp3) is 0.529. The number of nitrogens with one attached hydrogen (secondary N) is 2. The van der Waals surface area contributed by atoms with Crippen LogP contribution >= 0.6 is 11.6 Å². The van der Waals surface area contributed by atoms with Crippen molar-refractivity contribution in [1.29, 1.82) is 0 Å². The molecule has 8 heteroatoms. The normalized spacial score (nSPS) is 16.4. The molecule has 1 heterocycles. The minimum atomic E-state index is -0.571. The molecule has 1 aromatic heterocycles. The average molecular weight is 363 g/mol. The van der Waals surface area contributed by atoms with Crippen LogP contribution in [0, 0.1) is 6.92 Å². The average Bonchev–Trinajstić information content (AvgIpc) is 3.09. The first-order chi connectivity index (χ1) is 12.1. The van der Waals surface area contributed by atoms with Gasteiger partial charge in [-0.3, -0.25) is 0 Å². The molecule has 0 atom stereocenters. The van der Waals surface area contributed by atoms with Gasteiger partial charge in [0.2, 0.25) is 0 Å². The number of halogens is 1. The highest BCUT2D eigenvalue weighted by molar-refractivity contribution is 6.31. The summed E-state index contributed by atoms with van der Waals surface area (Å²) in [4.78, 5) is 12.2. The molecule has 0 spiro atoms. The van der Waals surface area contributed by atoms with Crippen LogP contribution in [0.15, 0.2) is 18.2 Å². The van der Waals surface area contributed by atoms with Gasteiger partial charge in [-0.25, -0.2) is 4.79 Å². The summed E-state index contributed by atoms with van der Waals surface area (Å²) in [7, 11) is 0. The third-order valence-corrected chi connectivity index (χ3v) is 5.10. The number of hydrogen-bond acceptors (Lipinski definition) is 4. The maximum atomic E-state index is 12.2. The molecular formula is C17H23ClN6O. The second-order valence-corrected chi connectivity index (χ2v) is 6.88.